The fraction of sp³-hybridized carbons (Fsp3) is 0.160. The number of ether oxygens (including phenoxy) is 1. The van der Waals surface area contributed by atoms with E-state index in [4.69, 9.17) is 21.1 Å². The highest BCUT2D eigenvalue weighted by Gasteiger charge is 2.18. The largest absolute Gasteiger partial charge is 0.453 e. The molecule has 1 atom stereocenters. The summed E-state index contributed by atoms with van der Waals surface area (Å²) in [6.45, 7) is 4.35. The Morgan fingerprint density at radius 1 is 1.18 bits per heavy atom. The zero-order valence-corrected chi connectivity index (χ0v) is 21.9. The van der Waals surface area contributed by atoms with Gasteiger partial charge in [-0.25, -0.2) is 18.7 Å². The van der Waals surface area contributed by atoms with E-state index in [9.17, 15) is 4.21 Å². The van der Waals surface area contributed by atoms with Gasteiger partial charge in [0, 0.05) is 12.6 Å². The van der Waals surface area contributed by atoms with Gasteiger partial charge in [-0.15, -0.1) is 11.3 Å². The fourth-order valence-electron chi connectivity index (χ4n) is 3.33. The molecular formula is C25H24ClN3O2S3. The van der Waals surface area contributed by atoms with Crippen LogP contribution in [0.15, 0.2) is 65.1 Å². The molecule has 0 spiro atoms. The van der Waals surface area contributed by atoms with Gasteiger partial charge in [0.25, 0.3) is 0 Å². The fourth-order valence-corrected chi connectivity index (χ4v) is 6.86. The van der Waals surface area contributed by atoms with Crippen LogP contribution < -0.4 is 9.46 Å². The maximum absolute atomic E-state index is 13.1. The van der Waals surface area contributed by atoms with Gasteiger partial charge in [-0.1, -0.05) is 78.4 Å². The Kier molecular flexibility index (Phi) is 7.85. The molecule has 0 saturated carbocycles. The number of thiophene rings is 1. The number of fused-ring (bicyclic) bond motifs is 1. The smallest absolute Gasteiger partial charge is 0.199 e. The number of nitrogens with zero attached hydrogens (tertiary/aromatic N) is 1. The number of hydrogen-bond donors (Lipinski definition) is 2. The normalized spacial score (nSPS) is 13.7. The first-order chi connectivity index (χ1) is 16.4. The third kappa shape index (κ3) is 5.76. The third-order valence-electron chi connectivity index (χ3n) is 4.96. The van der Waals surface area contributed by atoms with Gasteiger partial charge in [0.05, 0.1) is 26.9 Å². The number of halogens is 1. The molecule has 0 aliphatic carbocycles. The van der Waals surface area contributed by atoms with Gasteiger partial charge in [0.2, 0.25) is 0 Å². The van der Waals surface area contributed by atoms with Crippen LogP contribution in [0, 0.1) is 11.7 Å². The monoisotopic (exact) mass is 529 g/mol. The summed E-state index contributed by atoms with van der Waals surface area (Å²) < 4.78 is 30.5. The molecule has 0 fully saturated rings. The van der Waals surface area contributed by atoms with E-state index in [1.54, 1.807) is 17.4 Å². The first-order valence-corrected chi connectivity index (χ1v) is 14.2. The van der Waals surface area contributed by atoms with E-state index >= 15 is 0 Å². The molecule has 9 heteroatoms. The molecule has 0 radical (unpaired) electrons. The van der Waals surface area contributed by atoms with Crippen molar-refractivity contribution in [2.24, 2.45) is 0 Å². The van der Waals surface area contributed by atoms with Crippen LogP contribution in [0.2, 0.25) is 5.02 Å². The van der Waals surface area contributed by atoms with Crippen molar-refractivity contribution >= 4 is 67.1 Å². The van der Waals surface area contributed by atoms with E-state index in [-0.39, 0.29) is 0 Å². The van der Waals surface area contributed by atoms with Crippen LogP contribution in [-0.2, 0) is 16.5 Å². The summed E-state index contributed by atoms with van der Waals surface area (Å²) in [5.41, 5.74) is 1.80. The van der Waals surface area contributed by atoms with E-state index < -0.39 is 9.92 Å². The molecule has 4 rings (SSSR count). The van der Waals surface area contributed by atoms with Crippen molar-refractivity contribution in [2.75, 3.05) is 0 Å². The van der Waals surface area contributed by atoms with Crippen LogP contribution in [0.1, 0.15) is 34.5 Å². The van der Waals surface area contributed by atoms with E-state index in [2.05, 4.69) is 28.8 Å². The second-order valence-electron chi connectivity index (χ2n) is 7.43. The van der Waals surface area contributed by atoms with Crippen LogP contribution in [0.25, 0.3) is 22.9 Å². The number of benzene rings is 2. The van der Waals surface area contributed by atoms with Crippen molar-refractivity contribution in [3.63, 3.8) is 0 Å². The van der Waals surface area contributed by atoms with E-state index in [0.717, 1.165) is 49.7 Å². The first kappa shape index (κ1) is 24.6. The predicted octanol–water partition coefficient (Wildman–Crippen LogP) is 7.90. The molecule has 1 unspecified atom stereocenters. The molecule has 0 aliphatic heterocycles. The number of nitrogens with one attached hydrogen (secondary N) is 2. The molecule has 2 heterocycles. The Balaban J connectivity index is 1.47. The minimum atomic E-state index is -3.26. The Morgan fingerprint density at radius 2 is 1.97 bits per heavy atom. The lowest BCUT2D eigenvalue weighted by Crippen LogP contribution is -2.21. The second-order valence-corrected chi connectivity index (χ2v) is 12.2. The third-order valence-corrected chi connectivity index (χ3v) is 9.31. The molecule has 5 nitrogen and oxygen atoms in total. The average molecular weight is 530 g/mol. The highest BCUT2D eigenvalue weighted by Crippen LogP contribution is 2.37. The molecule has 2 N–H and O–H groups in total. The zero-order valence-electron chi connectivity index (χ0n) is 18.7. The maximum atomic E-state index is 13.1. The number of aromatic nitrogens is 1. The minimum Gasteiger partial charge on any atom is -0.453 e. The summed E-state index contributed by atoms with van der Waals surface area (Å²) in [6, 6.07) is 15.5. The summed E-state index contributed by atoms with van der Waals surface area (Å²) in [7, 11) is -3.26. The maximum Gasteiger partial charge on any atom is 0.199 e. The van der Waals surface area contributed by atoms with Crippen LogP contribution in [0.4, 0.5) is 0 Å². The van der Waals surface area contributed by atoms with Gasteiger partial charge in [0.1, 0.15) is 14.1 Å². The molecule has 176 valence electrons. The molecule has 0 amide bonds. The lowest BCUT2D eigenvalue weighted by molar-refractivity contribution is 0.499. The van der Waals surface area contributed by atoms with Gasteiger partial charge in [-0.2, -0.15) is 0 Å². The van der Waals surface area contributed by atoms with Crippen LogP contribution >= 0.6 is 34.3 Å². The Labute approximate surface area is 212 Å². The summed E-state index contributed by atoms with van der Waals surface area (Å²) in [5, 5.41) is 3.84. The number of allylic oxidation sites excluding steroid dienone is 1. The Morgan fingerprint density at radius 3 is 2.79 bits per heavy atom. The SMILES string of the molecule is CC/C=C\c1sc(C)nc1/C=C/Oc1sc(S(=N)(=O)NCc2cccc3ccccc23)cc1Cl. The van der Waals surface area contributed by atoms with Gasteiger partial charge in [0.15, 0.2) is 5.06 Å². The number of aryl methyl sites for hydroxylation is 1. The molecular weight excluding hydrogens is 506 g/mol. The Hall–Kier alpha value is -2.49. The highest BCUT2D eigenvalue weighted by atomic mass is 35.5. The van der Waals surface area contributed by atoms with E-state index in [0.29, 0.717) is 20.8 Å². The lowest BCUT2D eigenvalue weighted by Gasteiger charge is -2.10. The quantitative estimate of drug-likeness (QED) is 0.216. The van der Waals surface area contributed by atoms with Gasteiger partial charge < -0.3 is 4.74 Å². The molecule has 2 aromatic heterocycles. The molecule has 0 bridgehead atoms. The van der Waals surface area contributed by atoms with Crippen molar-refractivity contribution < 1.29 is 8.95 Å². The second kappa shape index (κ2) is 10.8. The van der Waals surface area contributed by atoms with Crippen LogP contribution in [0.3, 0.4) is 0 Å². The molecule has 2 aromatic carbocycles. The molecule has 0 aliphatic rings. The average Bonchev–Trinajstić information content (AvgIpc) is 3.38. The zero-order chi connectivity index (χ0) is 24.1. The predicted molar refractivity (Wildman–Crippen MR) is 145 cm³/mol. The van der Waals surface area contributed by atoms with Crippen molar-refractivity contribution in [1.29, 1.82) is 4.78 Å². The van der Waals surface area contributed by atoms with Crippen molar-refractivity contribution in [3.8, 4) is 5.06 Å². The Bertz CT molecular complexity index is 1460. The van der Waals surface area contributed by atoms with Crippen molar-refractivity contribution in [1.82, 2.24) is 9.71 Å². The van der Waals surface area contributed by atoms with Crippen molar-refractivity contribution in [3.05, 3.63) is 87.0 Å². The number of rotatable bonds is 9. The minimum absolute atomic E-state index is 0.298. The van der Waals surface area contributed by atoms with Gasteiger partial charge >= 0.3 is 0 Å². The molecule has 0 saturated heterocycles. The van der Waals surface area contributed by atoms with Gasteiger partial charge in [-0.05, 0) is 41.8 Å². The highest BCUT2D eigenvalue weighted by molar-refractivity contribution is 7.92. The molecule has 4 aromatic rings. The van der Waals surface area contributed by atoms with Crippen molar-refractivity contribution in [2.45, 2.75) is 31.0 Å². The standard InChI is InChI=1S/C25H24ClN3O2S3/c1-3-4-12-23-22(29-17(2)32-23)13-14-31-25-21(26)15-24(33-25)34(27,30)28-16-19-10-7-9-18-8-5-6-11-20(18)19/h4-15H,3,16H2,1-2H3,(H2,27,28,30)/b12-4-,14-13+. The van der Waals surface area contributed by atoms with E-state index in [1.807, 2.05) is 49.4 Å². The van der Waals surface area contributed by atoms with E-state index in [1.165, 1.54) is 12.3 Å². The summed E-state index contributed by atoms with van der Waals surface area (Å²) in [4.78, 5) is 5.58. The summed E-state index contributed by atoms with van der Waals surface area (Å²) in [5.74, 6) is 0. The lowest BCUT2D eigenvalue weighted by atomic mass is 10.1. The topological polar surface area (TPSA) is 75.1 Å². The molecule has 34 heavy (non-hydrogen) atoms. The van der Waals surface area contributed by atoms with Gasteiger partial charge in [-0.3, -0.25) is 0 Å². The number of hydrogen-bond acceptors (Lipinski definition) is 6. The summed E-state index contributed by atoms with van der Waals surface area (Å²) in [6.07, 6.45) is 8.39. The number of thiazole rings is 1. The van der Waals surface area contributed by atoms with Crippen LogP contribution in [0.5, 0.6) is 5.06 Å². The van der Waals surface area contributed by atoms with Crippen LogP contribution in [-0.4, -0.2) is 9.19 Å². The summed E-state index contributed by atoms with van der Waals surface area (Å²) >= 11 is 9.04. The first-order valence-electron chi connectivity index (χ1n) is 10.6.